The first kappa shape index (κ1) is 19.8. The van der Waals surface area contributed by atoms with E-state index in [1.54, 1.807) is 18.2 Å². The summed E-state index contributed by atoms with van der Waals surface area (Å²) in [6, 6.07) is 16.1. The normalized spacial score (nSPS) is 11.5. The number of rotatable bonds is 8. The Morgan fingerprint density at radius 2 is 1.79 bits per heavy atom. The molecule has 0 aromatic heterocycles. The van der Waals surface area contributed by atoms with Crippen LogP contribution in [0.4, 0.5) is 5.69 Å². The highest BCUT2D eigenvalue weighted by atomic mass is 32.2. The monoisotopic (exact) mass is 401 g/mol. The summed E-state index contributed by atoms with van der Waals surface area (Å²) < 4.78 is 31.6. The number of aliphatic hydroxyl groups excluding tert-OH is 1. The molecule has 8 heteroatoms. The first-order chi connectivity index (χ1) is 13.4. The smallest absolute Gasteiger partial charge is 0.273 e. The number of nitro groups is 1. The van der Waals surface area contributed by atoms with Crippen molar-refractivity contribution in [2.24, 2.45) is 0 Å². The van der Waals surface area contributed by atoms with E-state index in [1.165, 1.54) is 24.3 Å². The van der Waals surface area contributed by atoms with Gasteiger partial charge in [0.15, 0.2) is 9.84 Å². The van der Waals surface area contributed by atoms with Crippen LogP contribution < -0.4 is 4.74 Å². The van der Waals surface area contributed by atoms with E-state index in [4.69, 9.17) is 9.84 Å². The number of aliphatic hydroxyl groups is 1. The van der Waals surface area contributed by atoms with E-state index in [-0.39, 0.29) is 29.4 Å². The molecule has 0 fully saturated rings. The fraction of sp³-hybridized carbons (Fsp3) is 0.200. The predicted octanol–water partition coefficient (Wildman–Crippen LogP) is 3.48. The summed E-state index contributed by atoms with van der Waals surface area (Å²) in [6.45, 7) is 0.180. The van der Waals surface area contributed by atoms with Crippen molar-refractivity contribution in [3.05, 3.63) is 76.3 Å². The molecule has 3 rings (SSSR count). The molecule has 3 aromatic rings. The maximum absolute atomic E-state index is 13.1. The standard InChI is InChI=1S/C20H19NO6S/c22-11-4-12-27-17-9-10-19(21(23)24)16(13-17)14-28(25,26)20-8-3-6-15-5-1-2-7-18(15)20/h1-3,5-10,13,22H,4,11-12,14H2. The Balaban J connectivity index is 2.00. The van der Waals surface area contributed by atoms with Crippen LogP contribution >= 0.6 is 0 Å². The summed E-state index contributed by atoms with van der Waals surface area (Å²) in [5.74, 6) is -0.198. The van der Waals surface area contributed by atoms with Gasteiger partial charge in [-0.15, -0.1) is 0 Å². The third kappa shape index (κ3) is 4.29. The third-order valence-electron chi connectivity index (χ3n) is 4.25. The van der Waals surface area contributed by atoms with Crippen molar-refractivity contribution in [2.45, 2.75) is 17.1 Å². The Kier molecular flexibility index (Phi) is 5.91. The largest absolute Gasteiger partial charge is 0.493 e. The molecule has 1 N–H and O–H groups in total. The lowest BCUT2D eigenvalue weighted by Crippen LogP contribution is -2.08. The van der Waals surface area contributed by atoms with Crippen LogP contribution in [0.2, 0.25) is 0 Å². The van der Waals surface area contributed by atoms with Crippen LogP contribution in [0.15, 0.2) is 65.6 Å². The zero-order valence-corrected chi connectivity index (χ0v) is 15.8. The number of benzene rings is 3. The van der Waals surface area contributed by atoms with Crippen molar-refractivity contribution in [3.63, 3.8) is 0 Å². The van der Waals surface area contributed by atoms with Gasteiger partial charge in [0.2, 0.25) is 0 Å². The highest BCUT2D eigenvalue weighted by Crippen LogP contribution is 2.30. The quantitative estimate of drug-likeness (QED) is 0.352. The lowest BCUT2D eigenvalue weighted by atomic mass is 10.1. The number of hydrogen-bond donors (Lipinski definition) is 1. The van der Waals surface area contributed by atoms with Gasteiger partial charge < -0.3 is 9.84 Å². The summed E-state index contributed by atoms with van der Waals surface area (Å²) in [5, 5.41) is 21.5. The molecular formula is C20H19NO6S. The van der Waals surface area contributed by atoms with Crippen LogP contribution in [0.25, 0.3) is 10.8 Å². The SMILES string of the molecule is O=[N+]([O-])c1ccc(OCCCO)cc1CS(=O)(=O)c1cccc2ccccc12. The summed E-state index contributed by atoms with van der Waals surface area (Å²) in [4.78, 5) is 10.9. The van der Waals surface area contributed by atoms with Crippen molar-refractivity contribution < 1.29 is 23.2 Å². The van der Waals surface area contributed by atoms with Gasteiger partial charge in [-0.2, -0.15) is 0 Å². The first-order valence-corrected chi connectivity index (χ1v) is 10.3. The lowest BCUT2D eigenvalue weighted by Gasteiger charge is -2.11. The molecule has 0 saturated heterocycles. The van der Waals surface area contributed by atoms with Crippen LogP contribution in [0.5, 0.6) is 5.75 Å². The Hall–Kier alpha value is -2.97. The topological polar surface area (TPSA) is 107 Å². The second kappa shape index (κ2) is 8.37. The van der Waals surface area contributed by atoms with E-state index in [1.807, 2.05) is 18.2 Å². The fourth-order valence-corrected chi connectivity index (χ4v) is 4.55. The van der Waals surface area contributed by atoms with Crippen LogP contribution in [0, 0.1) is 10.1 Å². The Bertz CT molecular complexity index is 1110. The minimum Gasteiger partial charge on any atom is -0.493 e. The van der Waals surface area contributed by atoms with Gasteiger partial charge in [0.05, 0.1) is 22.2 Å². The van der Waals surface area contributed by atoms with Crippen molar-refractivity contribution in [2.75, 3.05) is 13.2 Å². The summed E-state index contributed by atoms with van der Waals surface area (Å²) >= 11 is 0. The Morgan fingerprint density at radius 3 is 2.54 bits per heavy atom. The molecule has 0 atom stereocenters. The first-order valence-electron chi connectivity index (χ1n) is 8.64. The van der Waals surface area contributed by atoms with Crippen molar-refractivity contribution in [1.29, 1.82) is 0 Å². The third-order valence-corrected chi connectivity index (χ3v) is 5.97. The minimum absolute atomic E-state index is 0.0463. The fourth-order valence-electron chi connectivity index (χ4n) is 2.95. The molecule has 0 bridgehead atoms. The van der Waals surface area contributed by atoms with Gasteiger partial charge in [0.1, 0.15) is 5.75 Å². The molecule has 0 saturated carbocycles. The van der Waals surface area contributed by atoms with Crippen molar-refractivity contribution in [1.82, 2.24) is 0 Å². The highest BCUT2D eigenvalue weighted by Gasteiger charge is 2.24. The van der Waals surface area contributed by atoms with Crippen LogP contribution in [-0.4, -0.2) is 31.7 Å². The number of nitro benzene ring substituents is 1. The van der Waals surface area contributed by atoms with Gasteiger partial charge in [-0.1, -0.05) is 36.4 Å². The van der Waals surface area contributed by atoms with E-state index < -0.39 is 20.5 Å². The highest BCUT2D eigenvalue weighted by molar-refractivity contribution is 7.90. The number of ether oxygens (including phenoxy) is 1. The van der Waals surface area contributed by atoms with E-state index in [2.05, 4.69) is 0 Å². The summed E-state index contributed by atoms with van der Waals surface area (Å²) in [6.07, 6.45) is 0.403. The van der Waals surface area contributed by atoms with Gasteiger partial charge in [0.25, 0.3) is 5.69 Å². The molecule has 0 aliphatic carbocycles. The maximum atomic E-state index is 13.1. The van der Waals surface area contributed by atoms with Crippen molar-refractivity contribution >= 4 is 26.3 Å². The summed E-state index contributed by atoms with van der Waals surface area (Å²) in [5.41, 5.74) is -0.224. The molecule has 0 heterocycles. The van der Waals surface area contributed by atoms with Crippen LogP contribution in [-0.2, 0) is 15.6 Å². The lowest BCUT2D eigenvalue weighted by molar-refractivity contribution is -0.385. The van der Waals surface area contributed by atoms with E-state index in [0.717, 1.165) is 5.39 Å². The maximum Gasteiger partial charge on any atom is 0.273 e. The molecule has 0 amide bonds. The summed E-state index contributed by atoms with van der Waals surface area (Å²) in [7, 11) is -3.84. The van der Waals surface area contributed by atoms with Gasteiger partial charge in [-0.25, -0.2) is 8.42 Å². The molecule has 0 aliphatic heterocycles. The second-order valence-electron chi connectivity index (χ2n) is 6.21. The Labute approximate surface area is 162 Å². The van der Waals surface area contributed by atoms with E-state index in [0.29, 0.717) is 17.6 Å². The molecule has 0 spiro atoms. The van der Waals surface area contributed by atoms with E-state index >= 15 is 0 Å². The number of nitrogens with zero attached hydrogens (tertiary/aromatic N) is 1. The molecule has 3 aromatic carbocycles. The Morgan fingerprint density at radius 1 is 1.04 bits per heavy atom. The zero-order valence-electron chi connectivity index (χ0n) is 14.9. The van der Waals surface area contributed by atoms with Gasteiger partial charge in [-0.05, 0) is 23.6 Å². The average molecular weight is 401 g/mol. The van der Waals surface area contributed by atoms with Crippen molar-refractivity contribution in [3.8, 4) is 5.75 Å². The number of hydrogen-bond acceptors (Lipinski definition) is 6. The van der Waals surface area contributed by atoms with Gasteiger partial charge >= 0.3 is 0 Å². The molecule has 7 nitrogen and oxygen atoms in total. The molecule has 28 heavy (non-hydrogen) atoms. The van der Waals surface area contributed by atoms with E-state index in [9.17, 15) is 18.5 Å². The minimum atomic E-state index is -3.84. The van der Waals surface area contributed by atoms with Gasteiger partial charge in [-0.3, -0.25) is 10.1 Å². The average Bonchev–Trinajstić information content (AvgIpc) is 2.67. The number of fused-ring (bicyclic) bond motifs is 1. The van der Waals surface area contributed by atoms with Crippen LogP contribution in [0.3, 0.4) is 0 Å². The predicted molar refractivity (Wildman–Crippen MR) is 105 cm³/mol. The molecule has 0 unspecified atom stereocenters. The second-order valence-corrected chi connectivity index (χ2v) is 8.17. The zero-order chi connectivity index (χ0) is 20.1. The molecular weight excluding hydrogens is 382 g/mol. The molecule has 0 radical (unpaired) electrons. The van der Waals surface area contributed by atoms with Gasteiger partial charge in [0, 0.05) is 30.0 Å². The van der Waals surface area contributed by atoms with Crippen LogP contribution in [0.1, 0.15) is 12.0 Å². The molecule has 0 aliphatic rings. The number of sulfone groups is 1. The molecule has 146 valence electrons.